The van der Waals surface area contributed by atoms with E-state index in [1.54, 1.807) is 12.1 Å². The number of fused-ring (bicyclic) bond motifs is 3. The van der Waals surface area contributed by atoms with E-state index >= 15 is 0 Å². The van der Waals surface area contributed by atoms with Crippen molar-refractivity contribution in [1.82, 2.24) is 4.90 Å². The van der Waals surface area contributed by atoms with Gasteiger partial charge in [0.15, 0.2) is 0 Å². The molecule has 140 valence electrons. The fourth-order valence-electron chi connectivity index (χ4n) is 3.26. The fraction of sp³-hybridized carbons (Fsp3) is 0.222. The summed E-state index contributed by atoms with van der Waals surface area (Å²) in [4.78, 5) is 26.8. The van der Waals surface area contributed by atoms with Crippen molar-refractivity contribution in [3.05, 3.63) is 64.2 Å². The molecule has 9 heteroatoms. The van der Waals surface area contributed by atoms with E-state index in [9.17, 15) is 22.8 Å². The average molecular weight is 413 g/mol. The largest absolute Gasteiger partial charge is 0.416 e. The summed E-state index contributed by atoms with van der Waals surface area (Å²) in [7, 11) is 0. The third kappa shape index (κ3) is 3.06. The molecule has 2 aromatic carbocycles. The molecular weight excluding hydrogens is 401 g/mol. The first kappa shape index (κ1) is 18.2. The second kappa shape index (κ2) is 6.45. The number of alkyl halides is 3. The predicted octanol–water partition coefficient (Wildman–Crippen LogP) is 4.57. The minimum Gasteiger partial charge on any atom is -0.323 e. The van der Waals surface area contributed by atoms with Crippen LogP contribution >= 0.6 is 23.4 Å². The first-order chi connectivity index (χ1) is 12.8. The van der Waals surface area contributed by atoms with Gasteiger partial charge in [-0.3, -0.25) is 9.59 Å². The monoisotopic (exact) mass is 412 g/mol. The lowest BCUT2D eigenvalue weighted by molar-refractivity contribution is -0.137. The van der Waals surface area contributed by atoms with Gasteiger partial charge < -0.3 is 10.2 Å². The SMILES string of the molecule is O=C(Nc1cc(C(F)(F)F)ccc1Cl)[C@@H]1CS[C@@H]2c3ccccc3C(=O)N21. The van der Waals surface area contributed by atoms with Gasteiger partial charge in [0.1, 0.15) is 11.4 Å². The van der Waals surface area contributed by atoms with Crippen molar-refractivity contribution in [3.8, 4) is 0 Å². The number of hydrogen-bond donors (Lipinski definition) is 1. The lowest BCUT2D eigenvalue weighted by Gasteiger charge is -2.23. The summed E-state index contributed by atoms with van der Waals surface area (Å²) >= 11 is 7.39. The summed E-state index contributed by atoms with van der Waals surface area (Å²) in [6.45, 7) is 0. The fourth-order valence-corrected chi connectivity index (χ4v) is 4.89. The van der Waals surface area contributed by atoms with Crippen LogP contribution < -0.4 is 5.32 Å². The van der Waals surface area contributed by atoms with Crippen molar-refractivity contribution >= 4 is 40.9 Å². The van der Waals surface area contributed by atoms with E-state index in [1.165, 1.54) is 16.7 Å². The smallest absolute Gasteiger partial charge is 0.323 e. The van der Waals surface area contributed by atoms with Crippen molar-refractivity contribution in [1.29, 1.82) is 0 Å². The molecule has 1 N–H and O–H groups in total. The van der Waals surface area contributed by atoms with Crippen molar-refractivity contribution in [2.75, 3.05) is 11.1 Å². The van der Waals surface area contributed by atoms with Crippen LogP contribution in [0.25, 0.3) is 0 Å². The molecular formula is C18H12ClF3N2O2S. The molecule has 0 bridgehead atoms. The number of anilines is 1. The Balaban J connectivity index is 1.58. The molecule has 0 unspecified atom stereocenters. The quantitative estimate of drug-likeness (QED) is 0.786. The molecule has 1 saturated heterocycles. The van der Waals surface area contributed by atoms with Crippen LogP contribution in [0.2, 0.25) is 5.02 Å². The van der Waals surface area contributed by atoms with Crippen LogP contribution in [0.15, 0.2) is 42.5 Å². The molecule has 2 aliphatic heterocycles. The zero-order valence-corrected chi connectivity index (χ0v) is 15.2. The van der Waals surface area contributed by atoms with Gasteiger partial charge in [0, 0.05) is 11.3 Å². The number of carbonyl (C=O) groups excluding carboxylic acids is 2. The van der Waals surface area contributed by atoms with E-state index in [2.05, 4.69) is 5.32 Å². The summed E-state index contributed by atoms with van der Waals surface area (Å²) in [5, 5.41) is 2.18. The number of nitrogens with zero attached hydrogens (tertiary/aromatic N) is 1. The Hall–Kier alpha value is -2.19. The molecule has 27 heavy (non-hydrogen) atoms. The van der Waals surface area contributed by atoms with Crippen molar-refractivity contribution in [2.45, 2.75) is 17.6 Å². The average Bonchev–Trinajstić information content (AvgIpc) is 3.17. The zero-order chi connectivity index (χ0) is 19.3. The molecule has 0 saturated carbocycles. The third-order valence-electron chi connectivity index (χ3n) is 4.55. The Bertz CT molecular complexity index is 950. The molecule has 4 rings (SSSR count). The summed E-state index contributed by atoms with van der Waals surface area (Å²) < 4.78 is 38.7. The number of thioether (sulfide) groups is 1. The Kier molecular flexibility index (Phi) is 4.35. The van der Waals surface area contributed by atoms with Gasteiger partial charge in [-0.1, -0.05) is 29.8 Å². The molecule has 0 aromatic heterocycles. The van der Waals surface area contributed by atoms with Crippen molar-refractivity contribution in [2.24, 2.45) is 0 Å². The predicted molar refractivity (Wildman–Crippen MR) is 96.7 cm³/mol. The van der Waals surface area contributed by atoms with Gasteiger partial charge in [0.05, 0.1) is 16.3 Å². The number of carbonyl (C=O) groups is 2. The molecule has 0 spiro atoms. The molecule has 2 amide bonds. The number of halogens is 4. The summed E-state index contributed by atoms with van der Waals surface area (Å²) in [6, 6.07) is 9.06. The first-order valence-corrected chi connectivity index (χ1v) is 9.41. The van der Waals surface area contributed by atoms with Crippen LogP contribution in [0.1, 0.15) is 26.9 Å². The Morgan fingerprint density at radius 2 is 1.96 bits per heavy atom. The highest BCUT2D eigenvalue weighted by atomic mass is 35.5. The zero-order valence-electron chi connectivity index (χ0n) is 13.6. The number of amides is 2. The standard InChI is InChI=1S/C18H12ClF3N2O2S/c19-12-6-5-9(18(20,21)22)7-13(12)23-15(25)14-8-27-17-11-4-2-1-3-10(11)16(26)24(14)17/h1-7,14,17H,8H2,(H,23,25)/t14-,17+/m0/s1. The highest BCUT2D eigenvalue weighted by Crippen LogP contribution is 2.48. The van der Waals surface area contributed by atoms with Crippen molar-refractivity contribution in [3.63, 3.8) is 0 Å². The molecule has 2 aromatic rings. The molecule has 2 heterocycles. The van der Waals surface area contributed by atoms with Crippen LogP contribution in [-0.2, 0) is 11.0 Å². The van der Waals surface area contributed by atoms with Crippen molar-refractivity contribution < 1.29 is 22.8 Å². The van der Waals surface area contributed by atoms with Gasteiger partial charge >= 0.3 is 6.18 Å². The topological polar surface area (TPSA) is 49.4 Å². The Labute approximate surface area is 161 Å². The Morgan fingerprint density at radius 1 is 1.22 bits per heavy atom. The van der Waals surface area contributed by atoms with Crippen LogP contribution in [0, 0.1) is 0 Å². The van der Waals surface area contributed by atoms with Gasteiger partial charge in [-0.15, -0.1) is 11.8 Å². The van der Waals surface area contributed by atoms with Gasteiger partial charge in [0.25, 0.3) is 5.91 Å². The van der Waals surface area contributed by atoms with Gasteiger partial charge in [-0.05, 0) is 29.8 Å². The second-order valence-corrected chi connectivity index (χ2v) is 7.70. The van der Waals surface area contributed by atoms with Gasteiger partial charge in [-0.25, -0.2) is 0 Å². The number of hydrogen-bond acceptors (Lipinski definition) is 3. The van der Waals surface area contributed by atoms with Crippen LogP contribution in [0.4, 0.5) is 18.9 Å². The number of benzene rings is 2. The maximum absolute atomic E-state index is 12.9. The molecule has 0 radical (unpaired) electrons. The molecule has 1 fully saturated rings. The van der Waals surface area contributed by atoms with Crippen LogP contribution in [-0.4, -0.2) is 28.5 Å². The Morgan fingerprint density at radius 3 is 2.70 bits per heavy atom. The van der Waals surface area contributed by atoms with Crippen LogP contribution in [0.5, 0.6) is 0 Å². The van der Waals surface area contributed by atoms with Gasteiger partial charge in [-0.2, -0.15) is 13.2 Å². The summed E-state index contributed by atoms with van der Waals surface area (Å²) in [6.07, 6.45) is -4.55. The summed E-state index contributed by atoms with van der Waals surface area (Å²) in [5.74, 6) is -0.462. The third-order valence-corrected chi connectivity index (χ3v) is 6.18. The highest BCUT2D eigenvalue weighted by molar-refractivity contribution is 7.99. The van der Waals surface area contributed by atoms with E-state index in [1.807, 2.05) is 12.1 Å². The van der Waals surface area contributed by atoms with E-state index in [-0.39, 0.29) is 22.0 Å². The van der Waals surface area contributed by atoms with E-state index in [4.69, 9.17) is 11.6 Å². The van der Waals surface area contributed by atoms with E-state index in [0.29, 0.717) is 11.3 Å². The number of rotatable bonds is 2. The second-order valence-electron chi connectivity index (χ2n) is 6.18. The normalized spacial score (nSPS) is 21.2. The molecule has 2 atom stereocenters. The van der Waals surface area contributed by atoms with E-state index < -0.39 is 23.7 Å². The van der Waals surface area contributed by atoms with E-state index in [0.717, 1.165) is 23.8 Å². The molecule has 4 nitrogen and oxygen atoms in total. The lowest BCUT2D eigenvalue weighted by Crippen LogP contribution is -2.42. The minimum atomic E-state index is -4.55. The number of nitrogens with one attached hydrogen (secondary N) is 1. The lowest BCUT2D eigenvalue weighted by atomic mass is 10.1. The maximum atomic E-state index is 12.9. The summed E-state index contributed by atoms with van der Waals surface area (Å²) in [5.41, 5.74) is 0.351. The first-order valence-electron chi connectivity index (χ1n) is 7.98. The minimum absolute atomic E-state index is 0.00501. The maximum Gasteiger partial charge on any atom is 0.416 e. The van der Waals surface area contributed by atoms with Gasteiger partial charge in [0.2, 0.25) is 5.91 Å². The molecule has 0 aliphatic carbocycles. The molecule has 2 aliphatic rings. The van der Waals surface area contributed by atoms with Crippen LogP contribution in [0.3, 0.4) is 0 Å². The highest BCUT2D eigenvalue weighted by Gasteiger charge is 2.48.